The Morgan fingerprint density at radius 3 is 2.61 bits per heavy atom. The van der Waals surface area contributed by atoms with E-state index in [1.165, 1.54) is 4.90 Å². The third-order valence-corrected chi connectivity index (χ3v) is 3.32. The largest absolute Gasteiger partial charge is 0.383 e. The summed E-state index contributed by atoms with van der Waals surface area (Å²) in [7, 11) is -1.56. The van der Waals surface area contributed by atoms with Crippen molar-refractivity contribution in [3.63, 3.8) is 0 Å². The summed E-state index contributed by atoms with van der Waals surface area (Å²) in [6, 6.07) is -0.809. The van der Waals surface area contributed by atoms with Crippen molar-refractivity contribution in [2.24, 2.45) is 5.73 Å². The first-order valence-electron chi connectivity index (χ1n) is 5.63. The minimum Gasteiger partial charge on any atom is -0.383 e. The smallest absolute Gasteiger partial charge is 0.239 e. The quantitative estimate of drug-likeness (QED) is 0.569. The molecule has 7 heteroatoms. The van der Waals surface area contributed by atoms with Crippen LogP contribution in [0.25, 0.3) is 0 Å². The average molecular weight is 278 g/mol. The highest BCUT2D eigenvalue weighted by Crippen LogP contribution is 2.00. The van der Waals surface area contributed by atoms with Gasteiger partial charge in [-0.3, -0.25) is 4.79 Å². The second-order valence-corrected chi connectivity index (χ2v) is 6.35. The normalized spacial score (nSPS) is 13.1. The minimum atomic E-state index is -3.10. The van der Waals surface area contributed by atoms with Crippen LogP contribution in [0.5, 0.6) is 0 Å². The lowest BCUT2D eigenvalue weighted by Crippen LogP contribution is -2.45. The summed E-state index contributed by atoms with van der Waals surface area (Å²) in [6.45, 7) is 4.75. The summed E-state index contributed by atoms with van der Waals surface area (Å²) in [5.41, 5.74) is 5.70. The van der Waals surface area contributed by atoms with Gasteiger partial charge in [-0.1, -0.05) is 6.08 Å². The van der Waals surface area contributed by atoms with Gasteiger partial charge in [-0.2, -0.15) is 0 Å². The Morgan fingerprint density at radius 2 is 2.17 bits per heavy atom. The summed E-state index contributed by atoms with van der Waals surface area (Å²) < 4.78 is 26.9. The first-order chi connectivity index (χ1) is 8.31. The number of carbonyl (C=O) groups is 1. The fraction of sp³-hybridized carbons (Fsp3) is 0.727. The van der Waals surface area contributed by atoms with E-state index in [0.29, 0.717) is 19.7 Å². The Hall–Kier alpha value is -0.920. The van der Waals surface area contributed by atoms with E-state index >= 15 is 0 Å². The maximum atomic E-state index is 12.0. The third kappa shape index (κ3) is 7.41. The Kier molecular flexibility index (Phi) is 7.81. The molecule has 0 saturated heterocycles. The standard InChI is InChI=1S/C11H22N2O4S/c1-4-6-13(7-8-17-2)11(14)10(12)5-9-18(3,15)16/h4,10H,1,5-9,12H2,2-3H3. The summed E-state index contributed by atoms with van der Waals surface area (Å²) in [5, 5.41) is 0. The number of nitrogens with two attached hydrogens (primary N) is 1. The lowest BCUT2D eigenvalue weighted by Gasteiger charge is -2.24. The summed E-state index contributed by atoms with van der Waals surface area (Å²) in [6.07, 6.45) is 2.84. The van der Waals surface area contributed by atoms with E-state index in [2.05, 4.69) is 6.58 Å². The molecule has 1 amide bonds. The van der Waals surface area contributed by atoms with Crippen molar-refractivity contribution in [1.29, 1.82) is 0 Å². The van der Waals surface area contributed by atoms with Crippen LogP contribution in [-0.4, -0.2) is 64.1 Å². The predicted octanol–water partition coefficient (Wildman–Crippen LogP) is -0.591. The van der Waals surface area contributed by atoms with Gasteiger partial charge in [0.15, 0.2) is 0 Å². The van der Waals surface area contributed by atoms with Crippen LogP contribution in [0.3, 0.4) is 0 Å². The number of carbonyl (C=O) groups excluding carboxylic acids is 1. The Morgan fingerprint density at radius 1 is 1.56 bits per heavy atom. The number of hydrogen-bond donors (Lipinski definition) is 1. The molecule has 0 rings (SSSR count). The van der Waals surface area contributed by atoms with Gasteiger partial charge >= 0.3 is 0 Å². The van der Waals surface area contributed by atoms with E-state index in [1.54, 1.807) is 13.2 Å². The molecule has 2 N–H and O–H groups in total. The van der Waals surface area contributed by atoms with Crippen molar-refractivity contribution in [2.45, 2.75) is 12.5 Å². The number of hydrogen-bond acceptors (Lipinski definition) is 5. The van der Waals surface area contributed by atoms with E-state index < -0.39 is 15.9 Å². The monoisotopic (exact) mass is 278 g/mol. The van der Waals surface area contributed by atoms with E-state index in [0.717, 1.165) is 6.26 Å². The summed E-state index contributed by atoms with van der Waals surface area (Å²) in [5.74, 6) is -0.373. The topological polar surface area (TPSA) is 89.7 Å². The molecule has 0 saturated carbocycles. The molecule has 18 heavy (non-hydrogen) atoms. The van der Waals surface area contributed by atoms with Crippen LogP contribution < -0.4 is 5.73 Å². The number of rotatable bonds is 9. The van der Waals surface area contributed by atoms with Crippen LogP contribution in [0, 0.1) is 0 Å². The molecule has 0 bridgehead atoms. The molecule has 0 aromatic heterocycles. The fourth-order valence-corrected chi connectivity index (χ4v) is 2.03. The van der Waals surface area contributed by atoms with Gasteiger partial charge in [0.05, 0.1) is 18.4 Å². The molecule has 0 aliphatic carbocycles. The zero-order valence-electron chi connectivity index (χ0n) is 11.0. The highest BCUT2D eigenvalue weighted by Gasteiger charge is 2.21. The van der Waals surface area contributed by atoms with Crippen molar-refractivity contribution in [3.8, 4) is 0 Å². The molecular weight excluding hydrogens is 256 g/mol. The van der Waals surface area contributed by atoms with Gasteiger partial charge in [-0.25, -0.2) is 8.42 Å². The van der Waals surface area contributed by atoms with Crippen LogP contribution in [0.4, 0.5) is 0 Å². The number of methoxy groups -OCH3 is 1. The van der Waals surface area contributed by atoms with Gasteiger partial charge in [-0.05, 0) is 6.42 Å². The van der Waals surface area contributed by atoms with Crippen LogP contribution >= 0.6 is 0 Å². The number of sulfone groups is 1. The van der Waals surface area contributed by atoms with Crippen LogP contribution in [0.15, 0.2) is 12.7 Å². The summed E-state index contributed by atoms with van der Waals surface area (Å²) >= 11 is 0. The lowest BCUT2D eigenvalue weighted by molar-refractivity contribution is -0.132. The Labute approximate surface area is 109 Å². The molecule has 1 atom stereocenters. The maximum Gasteiger partial charge on any atom is 0.239 e. The van der Waals surface area contributed by atoms with Gasteiger partial charge in [0.1, 0.15) is 9.84 Å². The second-order valence-electron chi connectivity index (χ2n) is 4.09. The number of nitrogens with zero attached hydrogens (tertiary/aromatic N) is 1. The average Bonchev–Trinajstić information content (AvgIpc) is 2.29. The van der Waals surface area contributed by atoms with Crippen molar-refractivity contribution >= 4 is 15.7 Å². The molecule has 0 aliphatic heterocycles. The van der Waals surface area contributed by atoms with Crippen molar-refractivity contribution in [3.05, 3.63) is 12.7 Å². The molecular formula is C11H22N2O4S. The highest BCUT2D eigenvalue weighted by atomic mass is 32.2. The highest BCUT2D eigenvalue weighted by molar-refractivity contribution is 7.90. The van der Waals surface area contributed by atoms with Crippen LogP contribution in [-0.2, 0) is 19.4 Å². The first kappa shape index (κ1) is 17.1. The van der Waals surface area contributed by atoms with Crippen LogP contribution in [0.2, 0.25) is 0 Å². The molecule has 0 aromatic carbocycles. The zero-order chi connectivity index (χ0) is 14.2. The van der Waals surface area contributed by atoms with Gasteiger partial charge in [0, 0.05) is 26.5 Å². The zero-order valence-corrected chi connectivity index (χ0v) is 11.8. The van der Waals surface area contributed by atoms with E-state index in [1.807, 2.05) is 0 Å². The lowest BCUT2D eigenvalue weighted by atomic mass is 10.2. The third-order valence-electron chi connectivity index (χ3n) is 2.34. The molecule has 0 fully saturated rings. The SMILES string of the molecule is C=CCN(CCOC)C(=O)C(N)CCS(C)(=O)=O. The first-order valence-corrected chi connectivity index (χ1v) is 7.69. The van der Waals surface area contributed by atoms with E-state index in [9.17, 15) is 13.2 Å². The van der Waals surface area contributed by atoms with Crippen molar-refractivity contribution < 1.29 is 17.9 Å². The minimum absolute atomic E-state index is 0.0912. The fourth-order valence-electron chi connectivity index (χ4n) is 1.35. The molecule has 0 heterocycles. The van der Waals surface area contributed by atoms with Gasteiger partial charge in [-0.15, -0.1) is 6.58 Å². The van der Waals surface area contributed by atoms with E-state index in [4.69, 9.17) is 10.5 Å². The molecule has 1 unspecified atom stereocenters. The van der Waals surface area contributed by atoms with Gasteiger partial charge in [0.25, 0.3) is 0 Å². The van der Waals surface area contributed by atoms with Crippen LogP contribution in [0.1, 0.15) is 6.42 Å². The van der Waals surface area contributed by atoms with Gasteiger partial charge < -0.3 is 15.4 Å². The molecule has 0 radical (unpaired) electrons. The molecule has 0 spiro atoms. The Bertz CT molecular complexity index is 367. The van der Waals surface area contributed by atoms with Crippen molar-refractivity contribution in [2.75, 3.05) is 38.8 Å². The molecule has 106 valence electrons. The van der Waals surface area contributed by atoms with Crippen molar-refractivity contribution in [1.82, 2.24) is 4.90 Å². The summed E-state index contributed by atoms with van der Waals surface area (Å²) in [4.78, 5) is 13.5. The molecule has 0 aromatic rings. The molecule has 0 aliphatic rings. The maximum absolute atomic E-state index is 12.0. The molecule has 6 nitrogen and oxygen atoms in total. The van der Waals surface area contributed by atoms with Gasteiger partial charge in [0.2, 0.25) is 5.91 Å². The predicted molar refractivity (Wildman–Crippen MR) is 71.0 cm³/mol. The number of ether oxygens (including phenoxy) is 1. The number of amides is 1. The second kappa shape index (κ2) is 8.23. The Balaban J connectivity index is 4.40. The van der Waals surface area contributed by atoms with E-state index in [-0.39, 0.29) is 18.1 Å².